The van der Waals surface area contributed by atoms with Gasteiger partial charge in [-0.1, -0.05) is 21.1 Å². The minimum absolute atomic E-state index is 0.688. The first-order chi connectivity index (χ1) is 8.24. The number of nitrogens with two attached hydrogens (primary N) is 1. The van der Waals surface area contributed by atoms with Gasteiger partial charge in [-0.15, -0.1) is 0 Å². The third-order valence-electron chi connectivity index (χ3n) is 2.61. The van der Waals surface area contributed by atoms with E-state index in [1.807, 2.05) is 36.4 Å². The Morgan fingerprint density at radius 3 is 2.59 bits per heavy atom. The van der Waals surface area contributed by atoms with Crippen LogP contribution in [-0.2, 0) is 0 Å². The molecule has 1 aromatic heterocycles. The molecule has 17 heavy (non-hydrogen) atoms. The van der Waals surface area contributed by atoms with Crippen LogP contribution in [-0.4, -0.2) is 5.16 Å². The monoisotopic (exact) mass is 288 g/mol. The lowest BCUT2D eigenvalue weighted by molar-refractivity contribution is 0.441. The van der Waals surface area contributed by atoms with E-state index in [4.69, 9.17) is 10.3 Å². The Labute approximate surface area is 106 Å². The van der Waals surface area contributed by atoms with E-state index < -0.39 is 0 Å². The number of benzene rings is 2. The van der Waals surface area contributed by atoms with Gasteiger partial charge >= 0.3 is 0 Å². The van der Waals surface area contributed by atoms with Gasteiger partial charge in [0.1, 0.15) is 5.52 Å². The second kappa shape index (κ2) is 3.89. The standard InChI is InChI=1S/C13H9BrN2O/c14-9-3-1-8(2-4-9)13-11-6-5-10(15)7-12(11)16-17-13/h1-7H,15H2. The summed E-state index contributed by atoms with van der Waals surface area (Å²) in [6.45, 7) is 0. The lowest BCUT2D eigenvalue weighted by Crippen LogP contribution is -1.82. The van der Waals surface area contributed by atoms with E-state index in [0.29, 0.717) is 5.69 Å². The maximum absolute atomic E-state index is 5.70. The molecular formula is C13H9BrN2O. The van der Waals surface area contributed by atoms with Crippen molar-refractivity contribution in [3.63, 3.8) is 0 Å². The molecular weight excluding hydrogens is 280 g/mol. The van der Waals surface area contributed by atoms with E-state index in [2.05, 4.69) is 21.1 Å². The van der Waals surface area contributed by atoms with Crippen molar-refractivity contribution in [1.82, 2.24) is 5.16 Å². The van der Waals surface area contributed by atoms with Gasteiger partial charge in [-0.3, -0.25) is 0 Å². The lowest BCUT2D eigenvalue weighted by atomic mass is 10.1. The molecule has 0 saturated carbocycles. The molecule has 3 rings (SSSR count). The summed E-state index contributed by atoms with van der Waals surface area (Å²) in [7, 11) is 0. The molecule has 0 atom stereocenters. The van der Waals surface area contributed by atoms with Crippen LogP contribution in [0.4, 0.5) is 5.69 Å². The van der Waals surface area contributed by atoms with Gasteiger partial charge in [0, 0.05) is 21.1 Å². The summed E-state index contributed by atoms with van der Waals surface area (Å²) in [4.78, 5) is 0. The van der Waals surface area contributed by atoms with Crippen molar-refractivity contribution < 1.29 is 4.52 Å². The summed E-state index contributed by atoms with van der Waals surface area (Å²) in [5.74, 6) is 0.771. The quantitative estimate of drug-likeness (QED) is 0.692. The maximum atomic E-state index is 5.70. The summed E-state index contributed by atoms with van der Waals surface area (Å²) in [5, 5.41) is 4.99. The fourth-order valence-corrected chi connectivity index (χ4v) is 2.03. The van der Waals surface area contributed by atoms with Crippen LogP contribution in [0.1, 0.15) is 0 Å². The Bertz CT molecular complexity index is 673. The number of aromatic nitrogens is 1. The number of nitrogens with zero attached hydrogens (tertiary/aromatic N) is 1. The van der Waals surface area contributed by atoms with Crippen LogP contribution < -0.4 is 5.73 Å². The third kappa shape index (κ3) is 1.80. The Morgan fingerprint density at radius 1 is 1.06 bits per heavy atom. The molecule has 0 aliphatic heterocycles. The average Bonchev–Trinajstić information content (AvgIpc) is 2.73. The molecule has 0 fully saturated rings. The number of hydrogen-bond donors (Lipinski definition) is 1. The Morgan fingerprint density at radius 2 is 1.82 bits per heavy atom. The van der Waals surface area contributed by atoms with Crippen LogP contribution in [0.3, 0.4) is 0 Å². The minimum Gasteiger partial charge on any atom is -0.399 e. The Hall–Kier alpha value is -1.81. The van der Waals surface area contributed by atoms with E-state index >= 15 is 0 Å². The first kappa shape index (κ1) is 10.4. The van der Waals surface area contributed by atoms with Gasteiger partial charge < -0.3 is 10.3 Å². The summed E-state index contributed by atoms with van der Waals surface area (Å²) in [5.41, 5.74) is 8.17. The van der Waals surface area contributed by atoms with Crippen LogP contribution >= 0.6 is 15.9 Å². The van der Waals surface area contributed by atoms with Gasteiger partial charge in [0.25, 0.3) is 0 Å². The Balaban J connectivity index is 2.21. The summed E-state index contributed by atoms with van der Waals surface area (Å²) in [6, 6.07) is 13.5. The zero-order chi connectivity index (χ0) is 11.8. The molecule has 0 aliphatic carbocycles. The predicted octanol–water partition coefficient (Wildman–Crippen LogP) is 3.84. The van der Waals surface area contributed by atoms with Crippen LogP contribution in [0.5, 0.6) is 0 Å². The highest BCUT2D eigenvalue weighted by molar-refractivity contribution is 9.10. The molecule has 4 heteroatoms. The van der Waals surface area contributed by atoms with Gasteiger partial charge in [0.15, 0.2) is 5.76 Å². The molecule has 0 radical (unpaired) electrons. The number of halogens is 1. The normalized spacial score (nSPS) is 10.9. The highest BCUT2D eigenvalue weighted by atomic mass is 79.9. The number of anilines is 1. The van der Waals surface area contributed by atoms with Crippen molar-refractivity contribution in [1.29, 1.82) is 0 Å². The maximum Gasteiger partial charge on any atom is 0.174 e. The van der Waals surface area contributed by atoms with Crippen molar-refractivity contribution in [3.05, 3.63) is 46.9 Å². The molecule has 0 amide bonds. The molecule has 3 nitrogen and oxygen atoms in total. The van der Waals surface area contributed by atoms with Gasteiger partial charge in [-0.25, -0.2) is 0 Å². The topological polar surface area (TPSA) is 52.0 Å². The minimum atomic E-state index is 0.688. The Kier molecular flexibility index (Phi) is 2.37. The third-order valence-corrected chi connectivity index (χ3v) is 3.14. The summed E-state index contributed by atoms with van der Waals surface area (Å²) < 4.78 is 6.41. The van der Waals surface area contributed by atoms with Crippen molar-refractivity contribution >= 4 is 32.5 Å². The fraction of sp³-hybridized carbons (Fsp3) is 0. The molecule has 0 aliphatic rings. The van der Waals surface area contributed by atoms with Crippen molar-refractivity contribution in [2.24, 2.45) is 0 Å². The zero-order valence-electron chi connectivity index (χ0n) is 8.85. The van der Waals surface area contributed by atoms with E-state index in [1.165, 1.54) is 0 Å². The number of rotatable bonds is 1. The molecule has 0 spiro atoms. The molecule has 3 aromatic rings. The highest BCUT2D eigenvalue weighted by Crippen LogP contribution is 2.30. The number of nitrogen functional groups attached to an aromatic ring is 1. The average molecular weight is 289 g/mol. The largest absolute Gasteiger partial charge is 0.399 e. The molecule has 84 valence electrons. The van der Waals surface area contributed by atoms with E-state index in [-0.39, 0.29) is 0 Å². The van der Waals surface area contributed by atoms with Gasteiger partial charge in [0.2, 0.25) is 0 Å². The first-order valence-corrected chi connectivity index (χ1v) is 5.94. The van der Waals surface area contributed by atoms with Gasteiger partial charge in [-0.2, -0.15) is 0 Å². The van der Waals surface area contributed by atoms with Crippen molar-refractivity contribution in [3.8, 4) is 11.3 Å². The zero-order valence-corrected chi connectivity index (χ0v) is 10.4. The molecule has 0 unspecified atom stereocenters. The second-order valence-electron chi connectivity index (χ2n) is 3.80. The van der Waals surface area contributed by atoms with Crippen molar-refractivity contribution in [2.75, 3.05) is 5.73 Å². The highest BCUT2D eigenvalue weighted by Gasteiger charge is 2.10. The van der Waals surface area contributed by atoms with Crippen LogP contribution in [0.25, 0.3) is 22.2 Å². The smallest absolute Gasteiger partial charge is 0.174 e. The SMILES string of the molecule is Nc1ccc2c(-c3ccc(Br)cc3)onc2c1. The number of hydrogen-bond acceptors (Lipinski definition) is 3. The fourth-order valence-electron chi connectivity index (χ4n) is 1.77. The van der Waals surface area contributed by atoms with Crippen LogP contribution in [0.2, 0.25) is 0 Å². The van der Waals surface area contributed by atoms with E-state index in [1.54, 1.807) is 6.07 Å². The number of fused-ring (bicyclic) bond motifs is 1. The summed E-state index contributed by atoms with van der Waals surface area (Å²) >= 11 is 3.41. The van der Waals surface area contributed by atoms with Gasteiger partial charge in [0.05, 0.1) is 0 Å². The molecule has 2 N–H and O–H groups in total. The molecule has 0 saturated heterocycles. The first-order valence-electron chi connectivity index (χ1n) is 5.15. The van der Waals surface area contributed by atoms with Crippen LogP contribution in [0.15, 0.2) is 51.5 Å². The molecule has 0 bridgehead atoms. The predicted molar refractivity (Wildman–Crippen MR) is 71.6 cm³/mol. The second-order valence-corrected chi connectivity index (χ2v) is 4.71. The summed E-state index contributed by atoms with van der Waals surface area (Å²) in [6.07, 6.45) is 0. The van der Waals surface area contributed by atoms with Gasteiger partial charge in [-0.05, 0) is 42.5 Å². The molecule has 1 heterocycles. The van der Waals surface area contributed by atoms with E-state index in [9.17, 15) is 0 Å². The molecule has 2 aromatic carbocycles. The van der Waals surface area contributed by atoms with Crippen molar-refractivity contribution in [2.45, 2.75) is 0 Å². The van der Waals surface area contributed by atoms with Crippen LogP contribution in [0, 0.1) is 0 Å². The lowest BCUT2D eigenvalue weighted by Gasteiger charge is -1.97. The van der Waals surface area contributed by atoms with E-state index in [0.717, 1.165) is 26.7 Å².